The first-order valence-corrected chi connectivity index (χ1v) is 5.83. The van der Waals surface area contributed by atoms with Gasteiger partial charge in [0.2, 0.25) is 0 Å². The number of hydrogen-bond acceptors (Lipinski definition) is 4. The van der Waals surface area contributed by atoms with Gasteiger partial charge in [-0.05, 0) is 35.0 Å². The van der Waals surface area contributed by atoms with Crippen molar-refractivity contribution >= 4 is 22.7 Å². The van der Waals surface area contributed by atoms with Crippen molar-refractivity contribution < 1.29 is 19.1 Å². The molecule has 0 saturated carbocycles. The van der Waals surface area contributed by atoms with E-state index in [0.29, 0.717) is 11.1 Å². The van der Waals surface area contributed by atoms with Gasteiger partial charge in [-0.3, -0.25) is 0 Å². The molecule has 0 spiro atoms. The van der Waals surface area contributed by atoms with Gasteiger partial charge in [-0.2, -0.15) is 0 Å². The third-order valence-corrected chi connectivity index (χ3v) is 2.69. The lowest BCUT2D eigenvalue weighted by Crippen LogP contribution is -2.01. The first-order chi connectivity index (χ1) is 9.65. The maximum absolute atomic E-state index is 11.6. The number of fused-ring (bicyclic) bond motifs is 1. The topological polar surface area (TPSA) is 52.6 Å². The molecule has 0 bridgehead atoms. The van der Waals surface area contributed by atoms with Crippen molar-refractivity contribution in [1.82, 2.24) is 0 Å². The van der Waals surface area contributed by atoms with Crippen molar-refractivity contribution in [1.29, 1.82) is 0 Å². The van der Waals surface area contributed by atoms with Gasteiger partial charge >= 0.3 is 11.9 Å². The van der Waals surface area contributed by atoms with Crippen molar-refractivity contribution in [3.63, 3.8) is 0 Å². The van der Waals surface area contributed by atoms with Crippen LogP contribution in [-0.4, -0.2) is 11.9 Å². The van der Waals surface area contributed by atoms with Crippen LogP contribution in [0.15, 0.2) is 62.1 Å². The van der Waals surface area contributed by atoms with Gasteiger partial charge in [-0.15, -0.1) is 0 Å². The Morgan fingerprint density at radius 2 is 1.20 bits per heavy atom. The summed E-state index contributed by atoms with van der Waals surface area (Å²) in [7, 11) is 0. The molecule has 0 aliphatic heterocycles. The second-order valence-corrected chi connectivity index (χ2v) is 3.92. The van der Waals surface area contributed by atoms with E-state index >= 15 is 0 Å². The maximum atomic E-state index is 11.6. The molecule has 0 aliphatic carbocycles. The van der Waals surface area contributed by atoms with E-state index in [4.69, 9.17) is 9.47 Å². The van der Waals surface area contributed by atoms with Gasteiger partial charge in [0.05, 0.1) is 23.7 Å². The number of esters is 2. The first kappa shape index (κ1) is 13.5. The number of ether oxygens (including phenoxy) is 2. The zero-order chi connectivity index (χ0) is 14.5. The van der Waals surface area contributed by atoms with Crippen LogP contribution in [0.1, 0.15) is 20.7 Å². The van der Waals surface area contributed by atoms with Crippen LogP contribution < -0.4 is 0 Å². The van der Waals surface area contributed by atoms with Crippen LogP contribution in [-0.2, 0) is 9.47 Å². The fourth-order valence-electron chi connectivity index (χ4n) is 1.79. The highest BCUT2D eigenvalue weighted by molar-refractivity contribution is 5.99. The zero-order valence-electron chi connectivity index (χ0n) is 10.7. The van der Waals surface area contributed by atoms with Gasteiger partial charge in [0.15, 0.2) is 0 Å². The van der Waals surface area contributed by atoms with Gasteiger partial charge < -0.3 is 9.47 Å². The Morgan fingerprint density at radius 1 is 0.800 bits per heavy atom. The van der Waals surface area contributed by atoms with E-state index in [0.717, 1.165) is 23.3 Å². The summed E-state index contributed by atoms with van der Waals surface area (Å²) in [6.07, 6.45) is 2.17. The van der Waals surface area contributed by atoms with Crippen LogP contribution in [0.2, 0.25) is 0 Å². The van der Waals surface area contributed by atoms with Gasteiger partial charge in [0.1, 0.15) is 0 Å². The summed E-state index contributed by atoms with van der Waals surface area (Å²) in [5.74, 6) is -0.950. The summed E-state index contributed by atoms with van der Waals surface area (Å²) in [6, 6.07) is 10.1. The molecule has 2 rings (SSSR count). The standard InChI is InChI=1S/C16H12O4/c1-3-19-15(17)13-7-5-12-10-14(16(18)20-4-2)8-6-11(12)9-13/h3-10H,1-2H2. The summed E-state index contributed by atoms with van der Waals surface area (Å²) in [4.78, 5) is 23.1. The summed E-state index contributed by atoms with van der Waals surface area (Å²) < 4.78 is 9.42. The molecule has 0 fully saturated rings. The molecule has 0 aromatic heterocycles. The number of carbonyl (C=O) groups is 2. The molecule has 4 heteroatoms. The van der Waals surface area contributed by atoms with Gasteiger partial charge in [-0.1, -0.05) is 25.3 Å². The van der Waals surface area contributed by atoms with Crippen LogP contribution in [0.5, 0.6) is 0 Å². The lowest BCUT2D eigenvalue weighted by Gasteiger charge is -2.04. The Balaban J connectivity index is 2.39. The SMILES string of the molecule is C=COC(=O)c1ccc2cc(C(=O)OC=C)ccc2c1. The van der Waals surface area contributed by atoms with Crippen LogP contribution in [0.4, 0.5) is 0 Å². The highest BCUT2D eigenvalue weighted by Crippen LogP contribution is 2.19. The lowest BCUT2D eigenvalue weighted by atomic mass is 10.0. The zero-order valence-corrected chi connectivity index (χ0v) is 10.7. The molecule has 2 aromatic rings. The fraction of sp³-hybridized carbons (Fsp3) is 0. The maximum Gasteiger partial charge on any atom is 0.342 e. The average Bonchev–Trinajstić information content (AvgIpc) is 2.46. The Bertz CT molecular complexity index is 639. The van der Waals surface area contributed by atoms with Crippen LogP contribution in [0.3, 0.4) is 0 Å². The molecular formula is C16H12O4. The monoisotopic (exact) mass is 268 g/mol. The summed E-state index contributed by atoms with van der Waals surface area (Å²) >= 11 is 0. The predicted molar refractivity (Wildman–Crippen MR) is 75.2 cm³/mol. The minimum absolute atomic E-state index is 0.416. The molecule has 0 N–H and O–H groups in total. The predicted octanol–water partition coefficient (Wildman–Crippen LogP) is 3.44. The van der Waals surface area contributed by atoms with Crippen molar-refractivity contribution in [2.75, 3.05) is 0 Å². The van der Waals surface area contributed by atoms with Crippen LogP contribution in [0.25, 0.3) is 10.8 Å². The van der Waals surface area contributed by atoms with E-state index < -0.39 is 11.9 Å². The summed E-state index contributed by atoms with van der Waals surface area (Å²) in [5, 5.41) is 1.64. The fourth-order valence-corrected chi connectivity index (χ4v) is 1.79. The van der Waals surface area contributed by atoms with E-state index in [-0.39, 0.29) is 0 Å². The molecule has 2 aromatic carbocycles. The molecule has 0 saturated heterocycles. The van der Waals surface area contributed by atoms with E-state index in [2.05, 4.69) is 13.2 Å². The molecule has 0 heterocycles. The highest BCUT2D eigenvalue weighted by atomic mass is 16.5. The molecule has 0 atom stereocenters. The van der Waals surface area contributed by atoms with Crippen molar-refractivity contribution in [2.24, 2.45) is 0 Å². The van der Waals surface area contributed by atoms with E-state index in [1.807, 2.05) is 0 Å². The first-order valence-electron chi connectivity index (χ1n) is 5.83. The second kappa shape index (κ2) is 5.84. The summed E-state index contributed by atoms with van der Waals surface area (Å²) in [6.45, 7) is 6.67. The van der Waals surface area contributed by atoms with Crippen molar-refractivity contribution in [3.05, 3.63) is 73.2 Å². The molecule has 0 amide bonds. The van der Waals surface area contributed by atoms with E-state index in [1.165, 1.54) is 0 Å². The van der Waals surface area contributed by atoms with Crippen LogP contribution in [0, 0.1) is 0 Å². The Hall–Kier alpha value is -2.88. The Labute approximate surface area is 115 Å². The van der Waals surface area contributed by atoms with E-state index in [9.17, 15) is 9.59 Å². The number of hydrogen-bond donors (Lipinski definition) is 0. The Kier molecular flexibility index (Phi) is 3.96. The average molecular weight is 268 g/mol. The normalized spacial score (nSPS) is 9.80. The molecule has 4 nitrogen and oxygen atoms in total. The van der Waals surface area contributed by atoms with E-state index in [1.54, 1.807) is 36.4 Å². The molecule has 0 aliphatic rings. The third-order valence-electron chi connectivity index (χ3n) is 2.69. The van der Waals surface area contributed by atoms with Gasteiger partial charge in [0, 0.05) is 0 Å². The van der Waals surface area contributed by atoms with Gasteiger partial charge in [-0.25, -0.2) is 9.59 Å². The van der Waals surface area contributed by atoms with Crippen molar-refractivity contribution in [3.8, 4) is 0 Å². The quantitative estimate of drug-likeness (QED) is 0.629. The highest BCUT2D eigenvalue weighted by Gasteiger charge is 2.09. The minimum Gasteiger partial charge on any atom is -0.432 e. The number of carbonyl (C=O) groups excluding carboxylic acids is 2. The molecular weight excluding hydrogens is 256 g/mol. The Morgan fingerprint density at radius 3 is 1.55 bits per heavy atom. The smallest absolute Gasteiger partial charge is 0.342 e. The molecule has 0 radical (unpaired) electrons. The number of benzene rings is 2. The van der Waals surface area contributed by atoms with Crippen molar-refractivity contribution in [2.45, 2.75) is 0 Å². The third kappa shape index (κ3) is 2.75. The molecule has 0 unspecified atom stereocenters. The van der Waals surface area contributed by atoms with Crippen LogP contribution >= 0.6 is 0 Å². The number of rotatable bonds is 4. The lowest BCUT2D eigenvalue weighted by molar-refractivity contribution is 0.0654. The van der Waals surface area contributed by atoms with Gasteiger partial charge in [0.25, 0.3) is 0 Å². The minimum atomic E-state index is -0.475. The molecule has 100 valence electrons. The second-order valence-electron chi connectivity index (χ2n) is 3.92. The molecule has 20 heavy (non-hydrogen) atoms. The summed E-state index contributed by atoms with van der Waals surface area (Å²) in [5.41, 5.74) is 0.831. The largest absolute Gasteiger partial charge is 0.432 e.